The fraction of sp³-hybridized carbons (Fsp3) is 0.190. The molecule has 0 aliphatic carbocycles. The highest BCUT2D eigenvalue weighted by Gasteiger charge is 2.27. The number of rotatable bonds is 2. The van der Waals surface area contributed by atoms with E-state index in [1.807, 2.05) is 59.2 Å². The fourth-order valence-corrected chi connectivity index (χ4v) is 3.89. The normalized spacial score (nSPS) is 13.7. The van der Waals surface area contributed by atoms with Crippen molar-refractivity contribution in [3.63, 3.8) is 0 Å². The molecule has 0 spiro atoms. The lowest BCUT2D eigenvalue weighted by Crippen LogP contribution is -2.36. The van der Waals surface area contributed by atoms with Gasteiger partial charge in [-0.05, 0) is 24.6 Å². The second-order valence-corrected chi connectivity index (χ2v) is 6.86. The summed E-state index contributed by atoms with van der Waals surface area (Å²) in [4.78, 5) is 14.9. The van der Waals surface area contributed by atoms with Gasteiger partial charge in [0.15, 0.2) is 0 Å². The maximum absolute atomic E-state index is 13.0. The lowest BCUT2D eigenvalue weighted by Gasteiger charge is -2.26. The van der Waals surface area contributed by atoms with Gasteiger partial charge in [0.05, 0.1) is 23.4 Å². The van der Waals surface area contributed by atoms with Crippen LogP contribution in [0.2, 0.25) is 0 Å². The largest absolute Gasteiger partial charge is 0.332 e. The Labute approximate surface area is 156 Å². The maximum atomic E-state index is 13.0. The summed E-state index contributed by atoms with van der Waals surface area (Å²) in [7, 11) is 1.97. The molecule has 0 atom stereocenters. The van der Waals surface area contributed by atoms with E-state index in [-0.39, 0.29) is 5.91 Å². The Bertz CT molecular complexity index is 1140. The van der Waals surface area contributed by atoms with Gasteiger partial charge >= 0.3 is 0 Å². The van der Waals surface area contributed by atoms with Crippen LogP contribution in [0.4, 0.5) is 0 Å². The molecule has 27 heavy (non-hydrogen) atoms. The lowest BCUT2D eigenvalue weighted by molar-refractivity contribution is 0.0732. The third-order valence-corrected chi connectivity index (χ3v) is 5.18. The van der Waals surface area contributed by atoms with Crippen molar-refractivity contribution in [2.45, 2.75) is 13.0 Å². The Kier molecular flexibility index (Phi) is 3.57. The smallest absolute Gasteiger partial charge is 0.254 e. The average Bonchev–Trinajstić information content (AvgIpc) is 3.30. The molecule has 134 valence electrons. The molecule has 1 aliphatic heterocycles. The van der Waals surface area contributed by atoms with Gasteiger partial charge in [-0.3, -0.25) is 9.48 Å². The Morgan fingerprint density at radius 1 is 1.11 bits per heavy atom. The molecule has 0 unspecified atom stereocenters. The van der Waals surface area contributed by atoms with E-state index in [0.29, 0.717) is 18.7 Å². The van der Waals surface area contributed by atoms with Crippen LogP contribution >= 0.6 is 0 Å². The van der Waals surface area contributed by atoms with Gasteiger partial charge in [-0.1, -0.05) is 30.3 Å². The van der Waals surface area contributed by atoms with Crippen LogP contribution in [0.5, 0.6) is 0 Å². The molecule has 0 radical (unpaired) electrons. The number of pyridine rings is 1. The van der Waals surface area contributed by atoms with Crippen LogP contribution in [-0.4, -0.2) is 36.7 Å². The number of benzene rings is 1. The molecule has 1 aromatic carbocycles. The van der Waals surface area contributed by atoms with E-state index in [2.05, 4.69) is 17.2 Å². The van der Waals surface area contributed by atoms with Gasteiger partial charge in [0.1, 0.15) is 0 Å². The van der Waals surface area contributed by atoms with Gasteiger partial charge in [0.2, 0.25) is 0 Å². The summed E-state index contributed by atoms with van der Waals surface area (Å²) >= 11 is 0. The molecule has 0 saturated heterocycles. The topological polar surface area (TPSA) is 55.4 Å². The van der Waals surface area contributed by atoms with E-state index in [1.54, 1.807) is 10.7 Å². The van der Waals surface area contributed by atoms with Crippen LogP contribution in [0.25, 0.3) is 16.8 Å². The second-order valence-electron chi connectivity index (χ2n) is 6.86. The standard InChI is InChI=1S/C21H19N5O/c1-24-20(15-5-3-2-4-6-15)18-9-11-25(14-19(18)23-24)21(27)16-8-12-26-17(13-16)7-10-22-26/h2-8,10,12-13H,9,11,14H2,1H3. The number of amides is 1. The van der Waals surface area contributed by atoms with Gasteiger partial charge in [-0.2, -0.15) is 10.2 Å². The third-order valence-electron chi connectivity index (χ3n) is 5.18. The molecule has 1 amide bonds. The first-order chi connectivity index (χ1) is 13.2. The number of aryl methyl sites for hydroxylation is 1. The molecule has 4 aromatic rings. The van der Waals surface area contributed by atoms with Gasteiger partial charge in [0.25, 0.3) is 5.91 Å². The molecule has 0 N–H and O–H groups in total. The molecular weight excluding hydrogens is 338 g/mol. The molecule has 5 rings (SSSR count). The Morgan fingerprint density at radius 2 is 1.96 bits per heavy atom. The van der Waals surface area contributed by atoms with E-state index in [4.69, 9.17) is 5.10 Å². The summed E-state index contributed by atoms with van der Waals surface area (Å²) < 4.78 is 3.70. The van der Waals surface area contributed by atoms with Crippen molar-refractivity contribution >= 4 is 11.4 Å². The first kappa shape index (κ1) is 15.8. The summed E-state index contributed by atoms with van der Waals surface area (Å²) in [5, 5.41) is 8.89. The quantitative estimate of drug-likeness (QED) is 0.554. The molecule has 0 saturated carbocycles. The van der Waals surface area contributed by atoms with E-state index >= 15 is 0 Å². The molecule has 4 heterocycles. The summed E-state index contributed by atoms with van der Waals surface area (Å²) in [5.41, 5.74) is 6.16. The number of nitrogens with zero attached hydrogens (tertiary/aromatic N) is 5. The minimum absolute atomic E-state index is 0.0382. The Morgan fingerprint density at radius 3 is 2.81 bits per heavy atom. The van der Waals surface area contributed by atoms with E-state index in [0.717, 1.165) is 23.3 Å². The van der Waals surface area contributed by atoms with Crippen molar-refractivity contribution in [3.8, 4) is 11.3 Å². The van der Waals surface area contributed by atoms with Crippen LogP contribution in [0.3, 0.4) is 0 Å². The average molecular weight is 357 g/mol. The van der Waals surface area contributed by atoms with Gasteiger partial charge in [0, 0.05) is 42.7 Å². The minimum atomic E-state index is 0.0382. The number of hydrogen-bond donors (Lipinski definition) is 0. The van der Waals surface area contributed by atoms with Crippen LogP contribution in [-0.2, 0) is 20.0 Å². The van der Waals surface area contributed by atoms with Gasteiger partial charge in [-0.25, -0.2) is 4.52 Å². The summed E-state index contributed by atoms with van der Waals surface area (Å²) in [6, 6.07) is 15.9. The van der Waals surface area contributed by atoms with Crippen molar-refractivity contribution in [1.29, 1.82) is 0 Å². The zero-order valence-electron chi connectivity index (χ0n) is 15.0. The van der Waals surface area contributed by atoms with Crippen molar-refractivity contribution in [1.82, 2.24) is 24.3 Å². The molecule has 6 heteroatoms. The molecule has 0 fully saturated rings. The number of aromatic nitrogens is 4. The number of fused-ring (bicyclic) bond motifs is 2. The highest BCUT2D eigenvalue weighted by atomic mass is 16.2. The Hall–Kier alpha value is -3.41. The summed E-state index contributed by atoms with van der Waals surface area (Å²) in [6.07, 6.45) is 4.37. The minimum Gasteiger partial charge on any atom is -0.332 e. The highest BCUT2D eigenvalue weighted by molar-refractivity contribution is 5.95. The van der Waals surface area contributed by atoms with Gasteiger partial charge in [-0.15, -0.1) is 0 Å². The molecule has 6 nitrogen and oxygen atoms in total. The monoisotopic (exact) mass is 357 g/mol. The van der Waals surface area contributed by atoms with E-state index in [9.17, 15) is 4.79 Å². The highest BCUT2D eigenvalue weighted by Crippen LogP contribution is 2.30. The van der Waals surface area contributed by atoms with Crippen LogP contribution in [0, 0.1) is 0 Å². The van der Waals surface area contributed by atoms with Crippen molar-refractivity contribution in [3.05, 3.63) is 77.7 Å². The first-order valence-corrected chi connectivity index (χ1v) is 9.03. The fourth-order valence-electron chi connectivity index (χ4n) is 3.89. The first-order valence-electron chi connectivity index (χ1n) is 9.03. The second kappa shape index (κ2) is 6.09. The predicted octanol–water partition coefficient (Wildman–Crippen LogP) is 2.93. The van der Waals surface area contributed by atoms with Gasteiger partial charge < -0.3 is 4.90 Å². The predicted molar refractivity (Wildman–Crippen MR) is 102 cm³/mol. The number of carbonyl (C=O) groups excluding carboxylic acids is 1. The molecular formula is C21H19N5O. The Balaban J connectivity index is 1.45. The van der Waals surface area contributed by atoms with Crippen molar-refractivity contribution in [2.24, 2.45) is 7.05 Å². The lowest BCUT2D eigenvalue weighted by atomic mass is 9.99. The van der Waals surface area contributed by atoms with E-state index < -0.39 is 0 Å². The molecule has 0 bridgehead atoms. The van der Waals surface area contributed by atoms with Crippen molar-refractivity contribution < 1.29 is 4.79 Å². The maximum Gasteiger partial charge on any atom is 0.254 e. The van der Waals surface area contributed by atoms with Crippen LogP contribution < -0.4 is 0 Å². The zero-order chi connectivity index (χ0) is 18.4. The number of carbonyl (C=O) groups is 1. The molecule has 1 aliphatic rings. The third kappa shape index (κ3) is 2.61. The van der Waals surface area contributed by atoms with E-state index in [1.165, 1.54) is 11.1 Å². The number of hydrogen-bond acceptors (Lipinski definition) is 3. The van der Waals surface area contributed by atoms with Crippen molar-refractivity contribution in [2.75, 3.05) is 6.54 Å². The zero-order valence-corrected chi connectivity index (χ0v) is 15.0. The summed E-state index contributed by atoms with van der Waals surface area (Å²) in [6.45, 7) is 1.24. The SMILES string of the molecule is Cn1nc2c(c1-c1ccccc1)CCN(C(=O)c1ccn3nccc3c1)C2. The van der Waals surface area contributed by atoms with Crippen LogP contribution in [0.15, 0.2) is 60.9 Å². The molecule has 3 aromatic heterocycles. The summed E-state index contributed by atoms with van der Waals surface area (Å²) in [5.74, 6) is 0.0382. The van der Waals surface area contributed by atoms with Crippen LogP contribution in [0.1, 0.15) is 21.6 Å².